The van der Waals surface area contributed by atoms with Gasteiger partial charge in [0.25, 0.3) is 0 Å². The Morgan fingerprint density at radius 2 is 2.00 bits per heavy atom. The lowest BCUT2D eigenvalue weighted by Crippen LogP contribution is -2.03. The Balaban J connectivity index is 2.01. The van der Waals surface area contributed by atoms with E-state index in [0.29, 0.717) is 17.1 Å². The smallest absolute Gasteiger partial charge is 0.159 e. The van der Waals surface area contributed by atoms with E-state index in [4.69, 9.17) is 5.73 Å². The van der Waals surface area contributed by atoms with Crippen LogP contribution >= 0.6 is 11.3 Å². The highest BCUT2D eigenvalue weighted by atomic mass is 32.1. The number of hydrogen-bond donors (Lipinski definition) is 1. The first-order valence-corrected chi connectivity index (χ1v) is 6.91. The average molecular weight is 284 g/mol. The molecule has 0 aliphatic carbocycles. The maximum absolute atomic E-state index is 11.3. The lowest BCUT2D eigenvalue weighted by atomic mass is 10.1. The van der Waals surface area contributed by atoms with Crippen LogP contribution in [-0.2, 0) is 0 Å². The molecule has 0 atom stereocenters. The van der Waals surface area contributed by atoms with Crippen LogP contribution in [-0.4, -0.2) is 20.8 Å². The number of ketones is 1. The molecule has 1 aromatic carbocycles. The van der Waals surface area contributed by atoms with Crippen LogP contribution in [0.3, 0.4) is 0 Å². The minimum Gasteiger partial charge on any atom is -0.382 e. The van der Waals surface area contributed by atoms with Crippen molar-refractivity contribution in [3.05, 3.63) is 47.3 Å². The van der Waals surface area contributed by atoms with Gasteiger partial charge in [-0.25, -0.2) is 0 Å². The van der Waals surface area contributed by atoms with Crippen molar-refractivity contribution < 1.29 is 4.79 Å². The molecule has 2 heterocycles. The van der Waals surface area contributed by atoms with E-state index in [9.17, 15) is 4.79 Å². The Kier molecular flexibility index (Phi) is 3.08. The van der Waals surface area contributed by atoms with E-state index in [1.54, 1.807) is 40.3 Å². The second-order valence-electron chi connectivity index (χ2n) is 4.32. The number of carbonyl (C=O) groups is 1. The van der Waals surface area contributed by atoms with Crippen molar-refractivity contribution in [1.29, 1.82) is 0 Å². The Bertz CT molecular complexity index is 744. The fourth-order valence-electron chi connectivity index (χ4n) is 1.91. The van der Waals surface area contributed by atoms with Gasteiger partial charge in [-0.3, -0.25) is 4.79 Å². The third-order valence-electron chi connectivity index (χ3n) is 2.98. The second kappa shape index (κ2) is 4.90. The van der Waals surface area contributed by atoms with Gasteiger partial charge in [0, 0.05) is 5.56 Å². The molecule has 3 aromatic rings. The third kappa shape index (κ3) is 2.10. The van der Waals surface area contributed by atoms with Gasteiger partial charge < -0.3 is 5.73 Å². The second-order valence-corrected chi connectivity index (χ2v) is 5.26. The summed E-state index contributed by atoms with van der Waals surface area (Å²) in [5.74, 6) is 0.519. The molecule has 5 nitrogen and oxygen atoms in total. The zero-order chi connectivity index (χ0) is 14.1. The molecule has 2 N–H and O–H groups in total. The van der Waals surface area contributed by atoms with Crippen LogP contribution in [0.5, 0.6) is 0 Å². The number of nitrogen functional groups attached to an aromatic ring is 1. The predicted molar refractivity (Wildman–Crippen MR) is 79.1 cm³/mol. The van der Waals surface area contributed by atoms with E-state index in [-0.39, 0.29) is 5.78 Å². The molecule has 0 bridgehead atoms. The lowest BCUT2D eigenvalue weighted by molar-refractivity contribution is 0.101. The molecular weight excluding hydrogens is 272 g/mol. The molecule has 0 saturated heterocycles. The first-order chi connectivity index (χ1) is 9.66. The molecule has 0 saturated carbocycles. The minimum absolute atomic E-state index is 0.0300. The zero-order valence-electron chi connectivity index (χ0n) is 10.8. The summed E-state index contributed by atoms with van der Waals surface area (Å²) in [6.07, 6.45) is 0. The quantitative estimate of drug-likeness (QED) is 0.750. The number of anilines is 1. The number of nitrogens with zero attached hydrogens (tertiary/aromatic N) is 3. The predicted octanol–water partition coefficient (Wildman–Crippen LogP) is 2.78. The van der Waals surface area contributed by atoms with Gasteiger partial charge in [-0.15, -0.1) is 16.4 Å². The normalized spacial score (nSPS) is 10.7. The van der Waals surface area contributed by atoms with Gasteiger partial charge in [0.15, 0.2) is 11.6 Å². The van der Waals surface area contributed by atoms with E-state index < -0.39 is 0 Å². The van der Waals surface area contributed by atoms with E-state index in [1.165, 1.54) is 6.92 Å². The molecule has 2 aromatic heterocycles. The molecule has 0 amide bonds. The Morgan fingerprint density at radius 1 is 1.25 bits per heavy atom. The number of benzene rings is 1. The summed E-state index contributed by atoms with van der Waals surface area (Å²) >= 11 is 1.56. The van der Waals surface area contributed by atoms with Crippen LogP contribution in [0.2, 0.25) is 0 Å². The largest absolute Gasteiger partial charge is 0.382 e. The van der Waals surface area contributed by atoms with E-state index in [0.717, 1.165) is 10.6 Å². The highest BCUT2D eigenvalue weighted by Gasteiger charge is 2.13. The van der Waals surface area contributed by atoms with Gasteiger partial charge in [0.2, 0.25) is 0 Å². The maximum atomic E-state index is 11.3. The number of carbonyl (C=O) groups excluding carboxylic acids is 1. The number of Topliss-reactive ketones (excluding diaryl/α,β-unsaturated/α-hetero) is 1. The van der Waals surface area contributed by atoms with Gasteiger partial charge in [0.1, 0.15) is 5.69 Å². The molecule has 0 fully saturated rings. The standard InChI is InChI=1S/C14H12N4OS/c1-9(19)10-4-6-11(7-5-10)18-14(15)13(16-17-18)12-3-2-8-20-12/h2-8H,15H2,1H3. The highest BCUT2D eigenvalue weighted by molar-refractivity contribution is 7.13. The number of thiophene rings is 1. The van der Waals surface area contributed by atoms with E-state index in [1.807, 2.05) is 17.5 Å². The minimum atomic E-state index is 0.0300. The number of nitrogens with two attached hydrogens (primary N) is 1. The first kappa shape index (κ1) is 12.6. The monoisotopic (exact) mass is 284 g/mol. The van der Waals surface area contributed by atoms with Gasteiger partial charge in [-0.2, -0.15) is 4.68 Å². The number of rotatable bonds is 3. The number of hydrogen-bond acceptors (Lipinski definition) is 5. The fourth-order valence-corrected chi connectivity index (χ4v) is 2.62. The number of aromatic nitrogens is 3. The Hall–Kier alpha value is -2.47. The summed E-state index contributed by atoms with van der Waals surface area (Å²) in [6.45, 7) is 1.54. The Labute approximate surface area is 119 Å². The summed E-state index contributed by atoms with van der Waals surface area (Å²) in [5, 5.41) is 10.2. The molecule has 20 heavy (non-hydrogen) atoms. The van der Waals surface area contributed by atoms with Gasteiger partial charge >= 0.3 is 0 Å². The molecule has 0 radical (unpaired) electrons. The highest BCUT2D eigenvalue weighted by Crippen LogP contribution is 2.28. The SMILES string of the molecule is CC(=O)c1ccc(-n2nnc(-c3cccs3)c2N)cc1. The van der Waals surface area contributed by atoms with Gasteiger partial charge in [0.05, 0.1) is 10.6 Å². The molecule has 6 heteroatoms. The van der Waals surface area contributed by atoms with Crippen molar-refractivity contribution in [3.63, 3.8) is 0 Å². The lowest BCUT2D eigenvalue weighted by Gasteiger charge is -2.03. The topological polar surface area (TPSA) is 73.8 Å². The summed E-state index contributed by atoms with van der Waals surface area (Å²) in [5.41, 5.74) is 8.22. The molecular formula is C14H12N4OS. The van der Waals surface area contributed by atoms with Crippen LogP contribution in [0.25, 0.3) is 16.3 Å². The first-order valence-electron chi connectivity index (χ1n) is 6.03. The fraction of sp³-hybridized carbons (Fsp3) is 0.0714. The zero-order valence-corrected chi connectivity index (χ0v) is 11.6. The summed E-state index contributed by atoms with van der Waals surface area (Å²) in [6, 6.07) is 11.0. The molecule has 0 aliphatic rings. The summed E-state index contributed by atoms with van der Waals surface area (Å²) in [4.78, 5) is 12.2. The van der Waals surface area contributed by atoms with Crippen molar-refractivity contribution in [2.45, 2.75) is 6.92 Å². The van der Waals surface area contributed by atoms with Crippen molar-refractivity contribution in [1.82, 2.24) is 15.0 Å². The van der Waals surface area contributed by atoms with E-state index >= 15 is 0 Å². The summed E-state index contributed by atoms with van der Waals surface area (Å²) < 4.78 is 1.57. The van der Waals surface area contributed by atoms with Gasteiger partial charge in [-0.05, 0) is 42.6 Å². The molecule has 0 spiro atoms. The van der Waals surface area contributed by atoms with Crippen molar-refractivity contribution in [2.75, 3.05) is 5.73 Å². The maximum Gasteiger partial charge on any atom is 0.159 e. The molecule has 0 aliphatic heterocycles. The molecule has 100 valence electrons. The average Bonchev–Trinajstić information content (AvgIpc) is 3.08. The van der Waals surface area contributed by atoms with Crippen molar-refractivity contribution in [3.8, 4) is 16.3 Å². The van der Waals surface area contributed by atoms with E-state index in [2.05, 4.69) is 10.3 Å². The van der Waals surface area contributed by atoms with Crippen LogP contribution in [0.15, 0.2) is 41.8 Å². The van der Waals surface area contributed by atoms with Crippen LogP contribution in [0, 0.1) is 0 Å². The van der Waals surface area contributed by atoms with Crippen LogP contribution in [0.1, 0.15) is 17.3 Å². The van der Waals surface area contributed by atoms with Crippen molar-refractivity contribution in [2.24, 2.45) is 0 Å². The van der Waals surface area contributed by atoms with Crippen LogP contribution < -0.4 is 5.73 Å². The van der Waals surface area contributed by atoms with Crippen LogP contribution in [0.4, 0.5) is 5.82 Å². The van der Waals surface area contributed by atoms with Crippen molar-refractivity contribution >= 4 is 22.9 Å². The van der Waals surface area contributed by atoms with Gasteiger partial charge in [-0.1, -0.05) is 11.3 Å². The summed E-state index contributed by atoms with van der Waals surface area (Å²) in [7, 11) is 0. The molecule has 3 rings (SSSR count). The Morgan fingerprint density at radius 3 is 2.60 bits per heavy atom. The molecule has 0 unspecified atom stereocenters. The third-order valence-corrected chi connectivity index (χ3v) is 3.85.